The molecular formula is C12H16N4O2. The number of likely N-dealkylation sites (tertiary alicyclic amines) is 1. The quantitative estimate of drug-likeness (QED) is 0.715. The van der Waals surface area contributed by atoms with E-state index in [1.165, 1.54) is 6.20 Å². The molecule has 3 N–H and O–H groups in total. The number of hydrogen-bond donors (Lipinski definition) is 2. The Morgan fingerprint density at radius 2 is 2.44 bits per heavy atom. The van der Waals surface area contributed by atoms with Crippen molar-refractivity contribution in [2.75, 3.05) is 13.1 Å². The van der Waals surface area contributed by atoms with E-state index in [0.29, 0.717) is 19.0 Å². The number of carbonyl (C=O) groups is 1. The van der Waals surface area contributed by atoms with E-state index in [0.717, 1.165) is 25.5 Å². The van der Waals surface area contributed by atoms with Crippen LogP contribution in [0.5, 0.6) is 0 Å². The van der Waals surface area contributed by atoms with Gasteiger partial charge in [0.25, 0.3) is 5.91 Å². The molecule has 1 amide bonds. The van der Waals surface area contributed by atoms with Gasteiger partial charge in [0.2, 0.25) is 5.43 Å². The van der Waals surface area contributed by atoms with Crippen molar-refractivity contribution in [2.45, 2.75) is 24.8 Å². The van der Waals surface area contributed by atoms with Crippen molar-refractivity contribution in [3.8, 4) is 0 Å². The molecule has 18 heavy (non-hydrogen) atoms. The SMILES string of the molecule is NC12CCCC1CN(C(=O)c1c[nH]ncc1=O)C2. The molecule has 96 valence electrons. The molecule has 2 heterocycles. The molecule has 1 aliphatic heterocycles. The summed E-state index contributed by atoms with van der Waals surface area (Å²) in [5.41, 5.74) is 5.88. The molecule has 6 heteroatoms. The molecule has 2 fully saturated rings. The summed E-state index contributed by atoms with van der Waals surface area (Å²) in [6.07, 6.45) is 5.67. The maximum atomic E-state index is 12.3. The average molecular weight is 248 g/mol. The molecule has 0 bridgehead atoms. The molecule has 6 nitrogen and oxygen atoms in total. The lowest BCUT2D eigenvalue weighted by molar-refractivity contribution is 0.0776. The minimum atomic E-state index is -0.345. The number of aromatic nitrogens is 2. The summed E-state index contributed by atoms with van der Waals surface area (Å²) < 4.78 is 0. The summed E-state index contributed by atoms with van der Waals surface area (Å²) in [5.74, 6) is 0.139. The van der Waals surface area contributed by atoms with Crippen molar-refractivity contribution >= 4 is 5.91 Å². The molecule has 1 saturated carbocycles. The van der Waals surface area contributed by atoms with Gasteiger partial charge in [0.1, 0.15) is 5.56 Å². The third-order valence-corrected chi connectivity index (χ3v) is 4.18. The molecule has 1 saturated heterocycles. The second-order valence-corrected chi connectivity index (χ2v) is 5.32. The molecule has 2 atom stereocenters. The second kappa shape index (κ2) is 3.91. The molecular weight excluding hydrogens is 232 g/mol. The van der Waals surface area contributed by atoms with Gasteiger partial charge in [-0.05, 0) is 18.8 Å². The highest BCUT2D eigenvalue weighted by Crippen LogP contribution is 2.39. The highest BCUT2D eigenvalue weighted by molar-refractivity contribution is 5.94. The predicted molar refractivity (Wildman–Crippen MR) is 65.0 cm³/mol. The zero-order valence-electron chi connectivity index (χ0n) is 10.1. The molecule has 1 aromatic heterocycles. The Balaban J connectivity index is 1.84. The number of hydrogen-bond acceptors (Lipinski definition) is 4. The van der Waals surface area contributed by atoms with Crippen molar-refractivity contribution < 1.29 is 4.79 Å². The molecule has 2 unspecified atom stereocenters. The van der Waals surface area contributed by atoms with Crippen molar-refractivity contribution in [2.24, 2.45) is 11.7 Å². The summed E-state index contributed by atoms with van der Waals surface area (Å²) in [5, 5.41) is 6.13. The lowest BCUT2D eigenvalue weighted by Gasteiger charge is -2.22. The fourth-order valence-corrected chi connectivity index (χ4v) is 3.17. The summed E-state index contributed by atoms with van der Waals surface area (Å²) in [7, 11) is 0. The molecule has 2 aliphatic rings. The first-order valence-corrected chi connectivity index (χ1v) is 6.21. The topological polar surface area (TPSA) is 92.1 Å². The summed E-state index contributed by atoms with van der Waals surface area (Å²) in [6, 6.07) is 0. The van der Waals surface area contributed by atoms with Crippen molar-refractivity contribution in [3.05, 3.63) is 28.2 Å². The maximum Gasteiger partial charge on any atom is 0.259 e. The number of amides is 1. The number of carbonyl (C=O) groups excluding carboxylic acids is 1. The van der Waals surface area contributed by atoms with E-state index < -0.39 is 0 Å². The third-order valence-electron chi connectivity index (χ3n) is 4.18. The van der Waals surface area contributed by atoms with Gasteiger partial charge in [-0.2, -0.15) is 5.10 Å². The number of rotatable bonds is 1. The van der Waals surface area contributed by atoms with E-state index in [1.807, 2.05) is 0 Å². The summed E-state index contributed by atoms with van der Waals surface area (Å²) >= 11 is 0. The zero-order valence-corrected chi connectivity index (χ0v) is 10.1. The number of nitrogens with one attached hydrogen (secondary N) is 1. The number of nitrogens with two attached hydrogens (primary N) is 1. The zero-order chi connectivity index (χ0) is 12.8. The predicted octanol–water partition coefficient (Wildman–Crippen LogP) is -0.277. The lowest BCUT2D eigenvalue weighted by atomic mass is 9.92. The Kier molecular flexibility index (Phi) is 2.48. The summed E-state index contributed by atoms with van der Waals surface area (Å²) in [4.78, 5) is 25.5. The van der Waals surface area contributed by atoms with Crippen LogP contribution in [0.15, 0.2) is 17.2 Å². The number of fused-ring (bicyclic) bond motifs is 1. The van der Waals surface area contributed by atoms with Gasteiger partial charge in [0, 0.05) is 24.8 Å². The Hall–Kier alpha value is -1.69. The Morgan fingerprint density at radius 1 is 1.61 bits per heavy atom. The molecule has 0 spiro atoms. The highest BCUT2D eigenvalue weighted by atomic mass is 16.2. The minimum absolute atomic E-state index is 0.147. The largest absolute Gasteiger partial charge is 0.336 e. The van der Waals surface area contributed by atoms with Crippen LogP contribution in [0, 0.1) is 5.92 Å². The molecule has 1 aromatic rings. The monoisotopic (exact) mass is 248 g/mol. The third kappa shape index (κ3) is 1.64. The molecule has 1 aliphatic carbocycles. The van der Waals surface area contributed by atoms with Crippen LogP contribution in [-0.4, -0.2) is 39.6 Å². The molecule has 0 radical (unpaired) electrons. The van der Waals surface area contributed by atoms with Gasteiger partial charge in [-0.25, -0.2) is 0 Å². The first kappa shape index (κ1) is 11.4. The van der Waals surface area contributed by atoms with Gasteiger partial charge >= 0.3 is 0 Å². The second-order valence-electron chi connectivity index (χ2n) is 5.32. The number of nitrogens with zero attached hydrogens (tertiary/aromatic N) is 2. The van der Waals surface area contributed by atoms with E-state index in [9.17, 15) is 9.59 Å². The van der Waals surface area contributed by atoms with Crippen LogP contribution in [0.1, 0.15) is 29.6 Å². The summed E-state index contributed by atoms with van der Waals surface area (Å²) in [6.45, 7) is 1.22. The Labute approximate surface area is 104 Å². The Bertz CT molecular complexity index is 541. The standard InChI is InChI=1S/C12H16N4O2/c13-12-3-1-2-8(12)6-16(7-12)11(18)9-4-14-15-5-10(9)17/h4-5,8H,1-3,6-7,13H2,(H,14,17). The first-order valence-electron chi connectivity index (χ1n) is 6.21. The van der Waals surface area contributed by atoms with Gasteiger partial charge in [0.05, 0.1) is 6.20 Å². The first-order chi connectivity index (χ1) is 8.60. The highest BCUT2D eigenvalue weighted by Gasteiger charge is 2.48. The smallest absolute Gasteiger partial charge is 0.259 e. The normalized spacial score (nSPS) is 30.5. The minimum Gasteiger partial charge on any atom is -0.336 e. The van der Waals surface area contributed by atoms with Crippen LogP contribution in [0.25, 0.3) is 0 Å². The van der Waals surface area contributed by atoms with Gasteiger partial charge in [-0.15, -0.1) is 0 Å². The molecule has 0 aromatic carbocycles. The van der Waals surface area contributed by atoms with Gasteiger partial charge < -0.3 is 10.6 Å². The van der Waals surface area contributed by atoms with E-state index >= 15 is 0 Å². The average Bonchev–Trinajstić information content (AvgIpc) is 2.83. The van der Waals surface area contributed by atoms with Gasteiger partial charge in [-0.3, -0.25) is 14.7 Å². The van der Waals surface area contributed by atoms with Crippen LogP contribution >= 0.6 is 0 Å². The number of H-pyrrole nitrogens is 1. The van der Waals surface area contributed by atoms with Crippen LogP contribution in [0.2, 0.25) is 0 Å². The van der Waals surface area contributed by atoms with Crippen LogP contribution in [0.4, 0.5) is 0 Å². The van der Waals surface area contributed by atoms with Crippen molar-refractivity contribution in [3.63, 3.8) is 0 Å². The van der Waals surface area contributed by atoms with E-state index in [1.54, 1.807) is 4.90 Å². The van der Waals surface area contributed by atoms with Crippen molar-refractivity contribution in [1.29, 1.82) is 0 Å². The van der Waals surface area contributed by atoms with Crippen molar-refractivity contribution in [1.82, 2.24) is 15.1 Å². The van der Waals surface area contributed by atoms with E-state index in [-0.39, 0.29) is 22.4 Å². The maximum absolute atomic E-state index is 12.3. The van der Waals surface area contributed by atoms with Gasteiger partial charge in [0.15, 0.2) is 0 Å². The number of aromatic amines is 1. The fraction of sp³-hybridized carbons (Fsp3) is 0.583. The van der Waals surface area contributed by atoms with E-state index in [4.69, 9.17) is 5.73 Å². The lowest BCUT2D eigenvalue weighted by Crippen LogP contribution is -2.45. The van der Waals surface area contributed by atoms with Gasteiger partial charge in [-0.1, -0.05) is 6.42 Å². The van der Waals surface area contributed by atoms with Crippen LogP contribution in [-0.2, 0) is 0 Å². The van der Waals surface area contributed by atoms with Crippen LogP contribution in [0.3, 0.4) is 0 Å². The van der Waals surface area contributed by atoms with Crippen LogP contribution < -0.4 is 11.2 Å². The Morgan fingerprint density at radius 3 is 3.17 bits per heavy atom. The van der Waals surface area contributed by atoms with E-state index in [2.05, 4.69) is 10.2 Å². The molecule has 3 rings (SSSR count). The fourth-order valence-electron chi connectivity index (χ4n) is 3.17.